The smallest absolute Gasteiger partial charge is 0.235 e. The van der Waals surface area contributed by atoms with Crippen molar-refractivity contribution >= 4 is 29.0 Å². The quantitative estimate of drug-likeness (QED) is 0.444. The fourth-order valence-corrected chi connectivity index (χ4v) is 4.65. The monoisotopic (exact) mass is 430 g/mol. The molecule has 0 aliphatic heterocycles. The maximum absolute atomic E-state index is 13.6. The SMILES string of the molecule is Cc1ccc(-c2cn3cccnc3n2)cc1NC(=O)C1(c2ccc(Cl)cc2)CCCC1. The molecule has 31 heavy (non-hydrogen) atoms. The highest BCUT2D eigenvalue weighted by Crippen LogP contribution is 2.42. The summed E-state index contributed by atoms with van der Waals surface area (Å²) < 4.78 is 1.89. The van der Waals surface area contributed by atoms with Crippen LogP contribution in [0.3, 0.4) is 0 Å². The maximum Gasteiger partial charge on any atom is 0.235 e. The molecule has 2 aromatic heterocycles. The number of carbonyl (C=O) groups excluding carboxylic acids is 1. The molecule has 0 radical (unpaired) electrons. The minimum atomic E-state index is -0.514. The van der Waals surface area contributed by atoms with E-state index in [0.717, 1.165) is 53.8 Å². The second-order valence-corrected chi connectivity index (χ2v) is 8.67. The summed E-state index contributed by atoms with van der Waals surface area (Å²) in [5, 5.41) is 3.91. The first kappa shape index (κ1) is 19.8. The van der Waals surface area contributed by atoms with Crippen LogP contribution >= 0.6 is 11.6 Å². The summed E-state index contributed by atoms with van der Waals surface area (Å²) in [5.74, 6) is 0.695. The van der Waals surface area contributed by atoms with Gasteiger partial charge in [-0.05, 0) is 55.2 Å². The first-order valence-corrected chi connectivity index (χ1v) is 10.9. The Morgan fingerprint density at radius 1 is 1.13 bits per heavy atom. The molecule has 1 aliphatic carbocycles. The van der Waals surface area contributed by atoms with Crippen molar-refractivity contribution in [3.63, 3.8) is 0 Å². The number of hydrogen-bond acceptors (Lipinski definition) is 3. The fraction of sp³-hybridized carbons (Fsp3) is 0.240. The van der Waals surface area contributed by atoms with Gasteiger partial charge in [-0.2, -0.15) is 0 Å². The third-order valence-electron chi connectivity index (χ3n) is 6.31. The van der Waals surface area contributed by atoms with E-state index in [1.807, 2.05) is 72.2 Å². The molecule has 0 bridgehead atoms. The Balaban J connectivity index is 1.48. The molecule has 4 aromatic rings. The molecule has 0 atom stereocenters. The molecule has 0 spiro atoms. The summed E-state index contributed by atoms with van der Waals surface area (Å²) in [6, 6.07) is 15.6. The first-order chi connectivity index (χ1) is 15.0. The van der Waals surface area contributed by atoms with Crippen LogP contribution in [0.4, 0.5) is 5.69 Å². The second-order valence-electron chi connectivity index (χ2n) is 8.23. The lowest BCUT2D eigenvalue weighted by Crippen LogP contribution is -2.38. The third kappa shape index (κ3) is 3.59. The zero-order chi connectivity index (χ0) is 21.4. The summed E-state index contributed by atoms with van der Waals surface area (Å²) in [4.78, 5) is 22.5. The number of nitrogens with one attached hydrogen (secondary N) is 1. The van der Waals surface area contributed by atoms with Crippen molar-refractivity contribution < 1.29 is 4.79 Å². The molecular weight excluding hydrogens is 408 g/mol. The lowest BCUT2D eigenvalue weighted by atomic mass is 9.78. The Bertz CT molecular complexity index is 1220. The van der Waals surface area contributed by atoms with E-state index in [1.54, 1.807) is 6.20 Å². The predicted molar refractivity (Wildman–Crippen MR) is 123 cm³/mol. The lowest BCUT2D eigenvalue weighted by molar-refractivity contribution is -0.121. The number of amides is 1. The number of halogens is 1. The van der Waals surface area contributed by atoms with Crippen molar-refractivity contribution in [3.05, 3.63) is 83.3 Å². The van der Waals surface area contributed by atoms with Crippen LogP contribution in [0.1, 0.15) is 36.8 Å². The van der Waals surface area contributed by atoms with Gasteiger partial charge < -0.3 is 5.32 Å². The number of aromatic nitrogens is 3. The molecule has 156 valence electrons. The minimum absolute atomic E-state index is 0.0456. The van der Waals surface area contributed by atoms with E-state index in [0.29, 0.717) is 10.8 Å². The Morgan fingerprint density at radius 2 is 1.90 bits per heavy atom. The molecule has 2 heterocycles. The topological polar surface area (TPSA) is 59.3 Å². The van der Waals surface area contributed by atoms with Gasteiger partial charge in [0.2, 0.25) is 11.7 Å². The number of imidazole rings is 1. The van der Waals surface area contributed by atoms with Crippen LogP contribution in [0.2, 0.25) is 5.02 Å². The highest BCUT2D eigenvalue weighted by Gasteiger charge is 2.42. The number of benzene rings is 2. The Morgan fingerprint density at radius 3 is 2.65 bits per heavy atom. The van der Waals surface area contributed by atoms with Gasteiger partial charge >= 0.3 is 0 Å². The van der Waals surface area contributed by atoms with Gasteiger partial charge in [-0.3, -0.25) is 9.20 Å². The summed E-state index contributed by atoms with van der Waals surface area (Å²) in [6.45, 7) is 2.01. The van der Waals surface area contributed by atoms with Crippen molar-refractivity contribution in [2.75, 3.05) is 5.32 Å². The van der Waals surface area contributed by atoms with Crippen LogP contribution in [0.25, 0.3) is 17.0 Å². The Kier molecular flexibility index (Phi) is 4.98. The van der Waals surface area contributed by atoms with Crippen LogP contribution in [-0.4, -0.2) is 20.3 Å². The minimum Gasteiger partial charge on any atom is -0.325 e. The number of fused-ring (bicyclic) bond motifs is 1. The summed E-state index contributed by atoms with van der Waals surface area (Å²) in [7, 11) is 0. The lowest BCUT2D eigenvalue weighted by Gasteiger charge is -2.29. The molecule has 1 amide bonds. The molecule has 1 fully saturated rings. The molecular formula is C25H23ClN4O. The molecule has 6 heteroatoms. The molecule has 0 unspecified atom stereocenters. The predicted octanol–water partition coefficient (Wildman–Crippen LogP) is 5.81. The molecule has 1 aliphatic rings. The molecule has 0 saturated heterocycles. The van der Waals surface area contributed by atoms with E-state index in [-0.39, 0.29) is 5.91 Å². The van der Waals surface area contributed by atoms with E-state index in [1.165, 1.54) is 0 Å². The zero-order valence-electron chi connectivity index (χ0n) is 17.3. The van der Waals surface area contributed by atoms with Crippen LogP contribution in [0.5, 0.6) is 0 Å². The van der Waals surface area contributed by atoms with Gasteiger partial charge in [0.15, 0.2) is 0 Å². The summed E-state index contributed by atoms with van der Waals surface area (Å²) in [5.41, 5.74) is 4.11. The number of anilines is 1. The maximum atomic E-state index is 13.6. The van der Waals surface area contributed by atoms with Gasteiger partial charge in [-0.1, -0.05) is 48.7 Å². The fourth-order valence-electron chi connectivity index (χ4n) is 4.52. The molecule has 5 rings (SSSR count). The number of nitrogens with zero attached hydrogens (tertiary/aromatic N) is 3. The normalized spacial score (nSPS) is 15.3. The number of aryl methyl sites for hydroxylation is 1. The Hall–Kier alpha value is -3.18. The third-order valence-corrected chi connectivity index (χ3v) is 6.56. The Labute approximate surface area is 186 Å². The van der Waals surface area contributed by atoms with Gasteiger partial charge in [0.25, 0.3) is 0 Å². The molecule has 1 saturated carbocycles. The first-order valence-electron chi connectivity index (χ1n) is 10.5. The van der Waals surface area contributed by atoms with Crippen molar-refractivity contribution in [2.24, 2.45) is 0 Å². The van der Waals surface area contributed by atoms with E-state index in [4.69, 9.17) is 11.6 Å². The van der Waals surface area contributed by atoms with Crippen LogP contribution < -0.4 is 5.32 Å². The zero-order valence-corrected chi connectivity index (χ0v) is 18.1. The van der Waals surface area contributed by atoms with E-state index < -0.39 is 5.41 Å². The van der Waals surface area contributed by atoms with Gasteiger partial charge in [-0.15, -0.1) is 0 Å². The van der Waals surface area contributed by atoms with E-state index in [9.17, 15) is 4.79 Å². The average Bonchev–Trinajstić information content (AvgIpc) is 3.44. The highest BCUT2D eigenvalue weighted by molar-refractivity contribution is 6.30. The van der Waals surface area contributed by atoms with Crippen LogP contribution in [-0.2, 0) is 10.2 Å². The van der Waals surface area contributed by atoms with Crippen LogP contribution in [0.15, 0.2) is 67.1 Å². The van der Waals surface area contributed by atoms with Gasteiger partial charge in [0.05, 0.1) is 11.1 Å². The molecule has 2 aromatic carbocycles. The van der Waals surface area contributed by atoms with Crippen molar-refractivity contribution in [1.29, 1.82) is 0 Å². The second kappa shape index (κ2) is 7.82. The largest absolute Gasteiger partial charge is 0.325 e. The standard InChI is InChI=1S/C25H23ClN4O/c1-17-5-6-18(22-16-30-14-4-13-27-24(30)29-22)15-21(17)28-23(31)25(11-2-3-12-25)19-7-9-20(26)10-8-19/h4-10,13-16H,2-3,11-12H2,1H3,(H,28,31). The van der Waals surface area contributed by atoms with Gasteiger partial charge in [0.1, 0.15) is 0 Å². The van der Waals surface area contributed by atoms with E-state index in [2.05, 4.69) is 15.3 Å². The van der Waals surface area contributed by atoms with Crippen molar-refractivity contribution in [3.8, 4) is 11.3 Å². The molecule has 5 nitrogen and oxygen atoms in total. The molecule has 1 N–H and O–H groups in total. The average molecular weight is 431 g/mol. The summed E-state index contributed by atoms with van der Waals surface area (Å²) >= 11 is 6.09. The van der Waals surface area contributed by atoms with E-state index >= 15 is 0 Å². The summed E-state index contributed by atoms with van der Waals surface area (Å²) in [6.07, 6.45) is 9.38. The van der Waals surface area contributed by atoms with Crippen LogP contribution in [0, 0.1) is 6.92 Å². The van der Waals surface area contributed by atoms with Gasteiger partial charge in [0, 0.05) is 34.9 Å². The number of carbonyl (C=O) groups is 1. The number of rotatable bonds is 4. The van der Waals surface area contributed by atoms with Gasteiger partial charge in [-0.25, -0.2) is 9.97 Å². The highest BCUT2D eigenvalue weighted by atomic mass is 35.5. The number of hydrogen-bond donors (Lipinski definition) is 1. The van der Waals surface area contributed by atoms with Crippen molar-refractivity contribution in [2.45, 2.75) is 38.0 Å². The van der Waals surface area contributed by atoms with Crippen molar-refractivity contribution in [1.82, 2.24) is 14.4 Å².